The lowest BCUT2D eigenvalue weighted by Gasteiger charge is -2.28. The Bertz CT molecular complexity index is 783. The van der Waals surface area contributed by atoms with Crippen LogP contribution in [-0.2, 0) is 9.53 Å². The number of esters is 1. The number of carboxylic acid groups (broad SMARTS) is 1. The first-order valence-electron chi connectivity index (χ1n) is 10.2. The van der Waals surface area contributed by atoms with Gasteiger partial charge in [0.2, 0.25) is 0 Å². The predicted octanol–water partition coefficient (Wildman–Crippen LogP) is 4.84. The van der Waals surface area contributed by atoms with Gasteiger partial charge in [0.1, 0.15) is 0 Å². The van der Waals surface area contributed by atoms with Crippen LogP contribution in [0.4, 0.5) is 5.69 Å². The molecule has 0 aliphatic carbocycles. The van der Waals surface area contributed by atoms with E-state index in [0.29, 0.717) is 28.9 Å². The number of nitrogens with zero attached hydrogens (tertiary/aromatic N) is 1. The summed E-state index contributed by atoms with van der Waals surface area (Å²) in [6.07, 6.45) is 0. The summed E-state index contributed by atoms with van der Waals surface area (Å²) in [7, 11) is 1.28. The van der Waals surface area contributed by atoms with Crippen molar-refractivity contribution in [1.82, 2.24) is 4.90 Å². The van der Waals surface area contributed by atoms with E-state index >= 15 is 0 Å². The van der Waals surface area contributed by atoms with E-state index in [4.69, 9.17) is 4.74 Å². The highest BCUT2D eigenvalue weighted by Gasteiger charge is 2.22. The van der Waals surface area contributed by atoms with Crippen LogP contribution in [0.5, 0.6) is 0 Å². The molecule has 2 rings (SSSR count). The minimum absolute atomic E-state index is 0.294. The molecule has 0 fully saturated rings. The lowest BCUT2D eigenvalue weighted by molar-refractivity contribution is -0.138. The summed E-state index contributed by atoms with van der Waals surface area (Å²) in [5.74, 6) is -1.55. The summed E-state index contributed by atoms with van der Waals surface area (Å²) in [4.78, 5) is 25.6. The van der Waals surface area contributed by atoms with Crippen molar-refractivity contribution in [1.29, 1.82) is 0 Å². The number of benzene rings is 2. The van der Waals surface area contributed by atoms with E-state index in [1.807, 2.05) is 6.07 Å². The molecule has 0 radical (unpaired) electrons. The summed E-state index contributed by atoms with van der Waals surface area (Å²) in [6, 6.07) is 15.8. The van der Waals surface area contributed by atoms with Crippen molar-refractivity contribution in [3.05, 3.63) is 65.7 Å². The minimum atomic E-state index is -1.03. The largest absolute Gasteiger partial charge is 0.479 e. The monoisotopic (exact) mass is 414 g/mol. The maximum Gasteiger partial charge on any atom is 0.339 e. The number of ether oxygens (including phenoxy) is 1. The first kappa shape index (κ1) is 25.2. The van der Waals surface area contributed by atoms with Gasteiger partial charge >= 0.3 is 11.9 Å². The van der Waals surface area contributed by atoms with E-state index < -0.39 is 18.0 Å². The fraction of sp³-hybridized carbons (Fsp3) is 0.417. The van der Waals surface area contributed by atoms with Crippen LogP contribution < -0.4 is 5.32 Å². The van der Waals surface area contributed by atoms with Gasteiger partial charge in [-0.3, -0.25) is 4.90 Å². The average Bonchev–Trinajstić information content (AvgIpc) is 2.72. The van der Waals surface area contributed by atoms with Crippen molar-refractivity contribution in [3.8, 4) is 0 Å². The van der Waals surface area contributed by atoms with Crippen molar-refractivity contribution >= 4 is 17.6 Å². The third-order valence-corrected chi connectivity index (χ3v) is 4.70. The molecule has 6 heteroatoms. The molecule has 0 saturated carbocycles. The Morgan fingerprint density at radius 2 is 1.50 bits per heavy atom. The molecule has 2 aromatic rings. The first-order valence-corrected chi connectivity index (χ1v) is 10.2. The molecule has 0 saturated heterocycles. The van der Waals surface area contributed by atoms with E-state index in [2.05, 4.69) is 44.8 Å². The molecule has 6 nitrogen and oxygen atoms in total. The maximum absolute atomic E-state index is 11.7. The number of anilines is 1. The Hall–Kier alpha value is -2.86. The zero-order chi connectivity index (χ0) is 22.7. The topological polar surface area (TPSA) is 78.9 Å². The highest BCUT2D eigenvalue weighted by atomic mass is 16.5. The third-order valence-electron chi connectivity index (χ3n) is 4.70. The number of methoxy groups -OCH3 is 1. The Balaban J connectivity index is 0.000000424. The molecule has 2 N–H and O–H groups in total. The highest BCUT2D eigenvalue weighted by molar-refractivity contribution is 5.96. The normalized spacial score (nSPS) is 11.6. The van der Waals surface area contributed by atoms with Crippen molar-refractivity contribution < 1.29 is 19.4 Å². The van der Waals surface area contributed by atoms with Gasteiger partial charge in [-0.2, -0.15) is 0 Å². The second kappa shape index (κ2) is 12.6. The molecule has 0 aliphatic heterocycles. The first-order chi connectivity index (χ1) is 14.2. The van der Waals surface area contributed by atoms with Crippen LogP contribution in [0.25, 0.3) is 0 Å². The fourth-order valence-corrected chi connectivity index (χ4v) is 3.31. The fourth-order valence-electron chi connectivity index (χ4n) is 3.31. The average molecular weight is 415 g/mol. The Kier molecular flexibility index (Phi) is 10.6. The molecular formula is C24H34N2O4. The minimum Gasteiger partial charge on any atom is -0.479 e. The number of aliphatic carboxylic acids is 1. The number of hydrogen-bond donors (Lipinski definition) is 2. The van der Waals surface area contributed by atoms with Gasteiger partial charge in [0.25, 0.3) is 0 Å². The molecule has 1 atom stereocenters. The summed E-state index contributed by atoms with van der Waals surface area (Å²) in [6.45, 7) is 12.3. The zero-order valence-electron chi connectivity index (χ0n) is 18.8. The predicted molar refractivity (Wildman–Crippen MR) is 121 cm³/mol. The molecule has 0 spiro atoms. The van der Waals surface area contributed by atoms with Crippen molar-refractivity contribution in [2.45, 2.75) is 52.7 Å². The molecule has 0 bridgehead atoms. The molecule has 164 valence electrons. The summed E-state index contributed by atoms with van der Waals surface area (Å²) < 4.78 is 4.70. The number of carbonyl (C=O) groups excluding carboxylic acids is 1. The zero-order valence-corrected chi connectivity index (χ0v) is 18.8. The summed E-state index contributed by atoms with van der Waals surface area (Å²) >= 11 is 0. The molecule has 1 unspecified atom stereocenters. The molecule has 0 heterocycles. The molecule has 2 aromatic carbocycles. The van der Waals surface area contributed by atoms with Crippen LogP contribution >= 0.6 is 0 Å². The maximum atomic E-state index is 11.7. The second-order valence-corrected chi connectivity index (χ2v) is 7.38. The molecule has 0 aliphatic rings. The van der Waals surface area contributed by atoms with E-state index in [9.17, 15) is 14.7 Å². The third kappa shape index (κ3) is 7.52. The number of rotatable bonds is 8. The van der Waals surface area contributed by atoms with E-state index in [1.165, 1.54) is 7.11 Å². The van der Waals surface area contributed by atoms with Gasteiger partial charge in [-0.05, 0) is 51.9 Å². The highest BCUT2D eigenvalue weighted by Crippen LogP contribution is 2.23. The molecule has 0 aromatic heterocycles. The van der Waals surface area contributed by atoms with Crippen molar-refractivity contribution in [3.63, 3.8) is 0 Å². The van der Waals surface area contributed by atoms with Gasteiger partial charge in [0.05, 0.1) is 12.7 Å². The molecule has 30 heavy (non-hydrogen) atoms. The summed E-state index contributed by atoms with van der Waals surface area (Å²) in [5.41, 5.74) is 1.31. The Morgan fingerprint density at radius 3 is 1.93 bits per heavy atom. The molecular weight excluding hydrogens is 380 g/mol. The van der Waals surface area contributed by atoms with Gasteiger partial charge in [-0.15, -0.1) is 0 Å². The van der Waals surface area contributed by atoms with Crippen LogP contribution in [0.3, 0.4) is 0 Å². The SMILES string of the molecule is CCN(C(C)C)C(C)C.COC(=O)c1ccccc1NC(C(=O)O)c1ccccc1. The van der Waals surface area contributed by atoms with E-state index in [-0.39, 0.29) is 0 Å². The Morgan fingerprint density at radius 1 is 0.967 bits per heavy atom. The number of carbonyl (C=O) groups is 2. The van der Waals surface area contributed by atoms with Gasteiger partial charge in [0, 0.05) is 17.8 Å². The van der Waals surface area contributed by atoms with E-state index in [0.717, 1.165) is 6.54 Å². The summed E-state index contributed by atoms with van der Waals surface area (Å²) in [5, 5.41) is 12.3. The van der Waals surface area contributed by atoms with Crippen LogP contribution in [-0.4, -0.2) is 47.7 Å². The van der Waals surface area contributed by atoms with Gasteiger partial charge in [-0.25, -0.2) is 9.59 Å². The lowest BCUT2D eigenvalue weighted by Crippen LogP contribution is -2.36. The smallest absolute Gasteiger partial charge is 0.339 e. The molecule has 0 amide bonds. The van der Waals surface area contributed by atoms with Gasteiger partial charge < -0.3 is 15.2 Å². The van der Waals surface area contributed by atoms with Crippen LogP contribution in [0.15, 0.2) is 54.6 Å². The van der Waals surface area contributed by atoms with E-state index in [1.54, 1.807) is 48.5 Å². The lowest BCUT2D eigenvalue weighted by atomic mass is 10.1. The number of nitrogens with one attached hydrogen (secondary N) is 1. The van der Waals surface area contributed by atoms with Crippen LogP contribution in [0.2, 0.25) is 0 Å². The quantitative estimate of drug-likeness (QED) is 0.602. The van der Waals surface area contributed by atoms with Crippen LogP contribution in [0, 0.1) is 0 Å². The van der Waals surface area contributed by atoms with Crippen LogP contribution in [0.1, 0.15) is 56.6 Å². The van der Waals surface area contributed by atoms with Crippen molar-refractivity contribution in [2.24, 2.45) is 0 Å². The van der Waals surface area contributed by atoms with Crippen molar-refractivity contribution in [2.75, 3.05) is 19.0 Å². The standard InChI is InChI=1S/C16H15NO4.C8H19N/c1-21-16(20)12-9-5-6-10-13(12)17-14(15(18)19)11-7-3-2-4-8-11;1-6-9(7(2)3)8(4)5/h2-10,14,17H,1H3,(H,18,19);7-8H,6H2,1-5H3. The van der Waals surface area contributed by atoms with Gasteiger partial charge in [0.15, 0.2) is 6.04 Å². The van der Waals surface area contributed by atoms with Gasteiger partial charge in [-0.1, -0.05) is 49.4 Å². The number of carboxylic acids is 1. The number of hydrogen-bond acceptors (Lipinski definition) is 5. The Labute approximate surface area is 179 Å². The number of para-hydroxylation sites is 1. The second-order valence-electron chi connectivity index (χ2n) is 7.38.